The van der Waals surface area contributed by atoms with Crippen LogP contribution in [0.2, 0.25) is 5.02 Å². The molecule has 0 saturated heterocycles. The van der Waals surface area contributed by atoms with E-state index in [2.05, 4.69) is 20.9 Å². The van der Waals surface area contributed by atoms with E-state index >= 15 is 0 Å². The SMILES string of the molecule is O=Cc1c(Br)ncc(Cl)c1C(F)F. The number of alkyl halides is 2. The first-order valence-electron chi connectivity index (χ1n) is 3.15. The highest BCUT2D eigenvalue weighted by Gasteiger charge is 2.19. The molecule has 0 aliphatic rings. The lowest BCUT2D eigenvalue weighted by Gasteiger charge is -2.06. The molecule has 6 heteroatoms. The second-order valence-electron chi connectivity index (χ2n) is 2.14. The molecule has 0 radical (unpaired) electrons. The minimum Gasteiger partial charge on any atom is -0.298 e. The molecule has 1 aromatic rings. The summed E-state index contributed by atoms with van der Waals surface area (Å²) in [5.41, 5.74) is -0.693. The zero-order valence-corrected chi connectivity index (χ0v) is 8.44. The number of nitrogens with zero attached hydrogens (tertiary/aromatic N) is 1. The summed E-state index contributed by atoms with van der Waals surface area (Å²) in [6.45, 7) is 0. The zero-order chi connectivity index (χ0) is 10.0. The third-order valence-electron chi connectivity index (χ3n) is 1.40. The maximum atomic E-state index is 12.4. The number of pyridine rings is 1. The number of carbonyl (C=O) groups is 1. The van der Waals surface area contributed by atoms with Gasteiger partial charge in [0.25, 0.3) is 6.43 Å². The Morgan fingerprint density at radius 3 is 2.62 bits per heavy atom. The maximum Gasteiger partial charge on any atom is 0.266 e. The predicted octanol–water partition coefficient (Wildman–Crippen LogP) is 3.25. The van der Waals surface area contributed by atoms with Gasteiger partial charge in [0, 0.05) is 6.20 Å². The summed E-state index contributed by atoms with van der Waals surface area (Å²) in [5.74, 6) is 0. The van der Waals surface area contributed by atoms with E-state index in [1.807, 2.05) is 0 Å². The molecule has 0 unspecified atom stereocenters. The second kappa shape index (κ2) is 4.11. The standard InChI is InChI=1S/C7H3BrClF2NO/c8-6-3(2-13)5(7(10)11)4(9)1-12-6/h1-2,7H. The molecule has 0 amide bonds. The van der Waals surface area contributed by atoms with Crippen LogP contribution in [0.15, 0.2) is 10.8 Å². The van der Waals surface area contributed by atoms with E-state index in [4.69, 9.17) is 11.6 Å². The summed E-state index contributed by atoms with van der Waals surface area (Å²) in [6.07, 6.45) is -1.42. The van der Waals surface area contributed by atoms with Crippen LogP contribution in [0.1, 0.15) is 22.3 Å². The zero-order valence-electron chi connectivity index (χ0n) is 6.10. The van der Waals surface area contributed by atoms with Crippen LogP contribution in [0.25, 0.3) is 0 Å². The van der Waals surface area contributed by atoms with Crippen molar-refractivity contribution < 1.29 is 13.6 Å². The number of halogens is 4. The van der Waals surface area contributed by atoms with Crippen LogP contribution >= 0.6 is 27.5 Å². The van der Waals surface area contributed by atoms with Crippen LogP contribution in [0.3, 0.4) is 0 Å². The van der Waals surface area contributed by atoms with Crippen LogP contribution < -0.4 is 0 Å². The van der Waals surface area contributed by atoms with E-state index in [0.717, 1.165) is 6.20 Å². The number of carbonyl (C=O) groups excluding carboxylic acids is 1. The van der Waals surface area contributed by atoms with Crippen LogP contribution in [0.5, 0.6) is 0 Å². The number of aldehydes is 1. The van der Waals surface area contributed by atoms with Crippen LogP contribution in [-0.2, 0) is 0 Å². The van der Waals surface area contributed by atoms with Gasteiger partial charge in [0.2, 0.25) is 0 Å². The fraction of sp³-hybridized carbons (Fsp3) is 0.143. The van der Waals surface area contributed by atoms with Gasteiger partial charge < -0.3 is 0 Å². The van der Waals surface area contributed by atoms with Crippen molar-refractivity contribution >= 4 is 33.8 Å². The molecular formula is C7H3BrClF2NO. The smallest absolute Gasteiger partial charge is 0.266 e. The van der Waals surface area contributed by atoms with Crippen molar-refractivity contribution in [2.75, 3.05) is 0 Å². The van der Waals surface area contributed by atoms with Crippen LogP contribution in [-0.4, -0.2) is 11.3 Å². The van der Waals surface area contributed by atoms with Crippen molar-refractivity contribution in [3.63, 3.8) is 0 Å². The number of hydrogen-bond acceptors (Lipinski definition) is 2. The Balaban J connectivity index is 3.43. The molecule has 0 atom stereocenters. The Morgan fingerprint density at radius 1 is 1.62 bits per heavy atom. The quantitative estimate of drug-likeness (QED) is 0.610. The largest absolute Gasteiger partial charge is 0.298 e. The lowest BCUT2D eigenvalue weighted by molar-refractivity contribution is 0.110. The van der Waals surface area contributed by atoms with Crippen LogP contribution in [0.4, 0.5) is 8.78 Å². The lowest BCUT2D eigenvalue weighted by Crippen LogP contribution is -1.98. The van der Waals surface area contributed by atoms with Crippen molar-refractivity contribution in [2.45, 2.75) is 6.43 Å². The van der Waals surface area contributed by atoms with Crippen molar-refractivity contribution in [1.29, 1.82) is 0 Å². The van der Waals surface area contributed by atoms with E-state index < -0.39 is 12.0 Å². The van der Waals surface area contributed by atoms with Gasteiger partial charge in [-0.1, -0.05) is 11.6 Å². The highest BCUT2D eigenvalue weighted by Crippen LogP contribution is 2.31. The van der Waals surface area contributed by atoms with E-state index in [1.54, 1.807) is 0 Å². The van der Waals surface area contributed by atoms with Crippen LogP contribution in [0, 0.1) is 0 Å². The predicted molar refractivity (Wildman–Crippen MR) is 47.3 cm³/mol. The van der Waals surface area contributed by atoms with Gasteiger partial charge in [0.1, 0.15) is 4.60 Å². The maximum absolute atomic E-state index is 12.4. The van der Waals surface area contributed by atoms with Gasteiger partial charge in [-0.2, -0.15) is 0 Å². The van der Waals surface area contributed by atoms with Gasteiger partial charge in [-0.15, -0.1) is 0 Å². The molecule has 0 saturated carbocycles. The third kappa shape index (κ3) is 2.03. The monoisotopic (exact) mass is 269 g/mol. The molecule has 70 valence electrons. The fourth-order valence-corrected chi connectivity index (χ4v) is 1.47. The summed E-state index contributed by atoms with van der Waals surface area (Å²) in [6, 6.07) is 0. The molecule has 1 rings (SSSR count). The van der Waals surface area contributed by atoms with Gasteiger partial charge in [0.05, 0.1) is 16.1 Å². The summed E-state index contributed by atoms with van der Waals surface area (Å²) in [5, 5.41) is -0.208. The van der Waals surface area contributed by atoms with E-state index in [9.17, 15) is 13.6 Å². The average Bonchev–Trinajstić information content (AvgIpc) is 2.07. The van der Waals surface area contributed by atoms with Crippen molar-refractivity contribution in [3.8, 4) is 0 Å². The molecule has 1 aromatic heterocycles. The number of aromatic nitrogens is 1. The van der Waals surface area contributed by atoms with E-state index in [-0.39, 0.29) is 15.2 Å². The van der Waals surface area contributed by atoms with Gasteiger partial charge in [-0.05, 0) is 15.9 Å². The summed E-state index contributed by atoms with van der Waals surface area (Å²) in [4.78, 5) is 14.1. The Bertz CT molecular complexity index is 346. The molecule has 0 aliphatic heterocycles. The molecule has 0 N–H and O–H groups in total. The minimum atomic E-state index is -2.79. The van der Waals surface area contributed by atoms with Gasteiger partial charge >= 0.3 is 0 Å². The Hall–Kier alpha value is -0.550. The molecule has 0 aromatic carbocycles. The first-order chi connectivity index (χ1) is 6.07. The van der Waals surface area contributed by atoms with Gasteiger partial charge in [0.15, 0.2) is 6.29 Å². The highest BCUT2D eigenvalue weighted by atomic mass is 79.9. The Morgan fingerprint density at radius 2 is 2.23 bits per heavy atom. The highest BCUT2D eigenvalue weighted by molar-refractivity contribution is 9.10. The third-order valence-corrected chi connectivity index (χ3v) is 2.33. The molecule has 13 heavy (non-hydrogen) atoms. The first kappa shape index (κ1) is 10.5. The molecular weight excluding hydrogens is 267 g/mol. The van der Waals surface area contributed by atoms with Gasteiger partial charge in [-0.25, -0.2) is 13.8 Å². The van der Waals surface area contributed by atoms with E-state index in [0.29, 0.717) is 6.29 Å². The van der Waals surface area contributed by atoms with Gasteiger partial charge in [-0.3, -0.25) is 4.79 Å². The normalized spacial score (nSPS) is 10.5. The van der Waals surface area contributed by atoms with Crippen molar-refractivity contribution in [2.24, 2.45) is 0 Å². The van der Waals surface area contributed by atoms with Crippen molar-refractivity contribution in [1.82, 2.24) is 4.98 Å². The molecule has 0 fully saturated rings. The first-order valence-corrected chi connectivity index (χ1v) is 4.32. The molecule has 2 nitrogen and oxygen atoms in total. The average molecular weight is 270 g/mol. The molecule has 0 bridgehead atoms. The molecule has 0 spiro atoms. The summed E-state index contributed by atoms with van der Waals surface area (Å²) in [7, 11) is 0. The Labute approximate surface area is 86.0 Å². The number of rotatable bonds is 2. The number of hydrogen-bond donors (Lipinski definition) is 0. The van der Waals surface area contributed by atoms with E-state index in [1.165, 1.54) is 0 Å². The second-order valence-corrected chi connectivity index (χ2v) is 3.30. The lowest BCUT2D eigenvalue weighted by atomic mass is 10.1. The van der Waals surface area contributed by atoms with Crippen molar-refractivity contribution in [3.05, 3.63) is 26.9 Å². The summed E-state index contributed by atoms with van der Waals surface area (Å²) < 4.78 is 24.8. The topological polar surface area (TPSA) is 30.0 Å². The Kier molecular flexibility index (Phi) is 3.33. The minimum absolute atomic E-state index is 0.0715. The summed E-state index contributed by atoms with van der Waals surface area (Å²) >= 11 is 8.33. The molecule has 0 aliphatic carbocycles. The molecule has 1 heterocycles. The fourth-order valence-electron chi connectivity index (χ4n) is 0.826.